The molecule has 1 unspecified atom stereocenters. The summed E-state index contributed by atoms with van der Waals surface area (Å²) < 4.78 is 38.1. The van der Waals surface area contributed by atoms with Crippen LogP contribution in [0.1, 0.15) is 17.2 Å². The van der Waals surface area contributed by atoms with Crippen molar-refractivity contribution in [3.8, 4) is 5.75 Å². The molecule has 0 amide bonds. The molecule has 1 atom stereocenters. The van der Waals surface area contributed by atoms with Crippen molar-refractivity contribution >= 4 is 27.5 Å². The summed E-state index contributed by atoms with van der Waals surface area (Å²) in [7, 11) is 1.35. The molecule has 0 aliphatic carbocycles. The number of pyridine rings is 1. The van der Waals surface area contributed by atoms with Crippen molar-refractivity contribution in [3.05, 3.63) is 56.8 Å². The van der Waals surface area contributed by atoms with Crippen molar-refractivity contribution in [1.29, 1.82) is 0 Å². The molecule has 22 heavy (non-hydrogen) atoms. The van der Waals surface area contributed by atoms with Crippen LogP contribution in [0.25, 0.3) is 0 Å². The fourth-order valence-corrected chi connectivity index (χ4v) is 2.42. The maximum Gasteiger partial charge on any atom is 0.257 e. The second kappa shape index (κ2) is 7.32. The molecule has 1 aromatic carbocycles. The molecule has 118 valence electrons. The van der Waals surface area contributed by atoms with Crippen molar-refractivity contribution < 1.29 is 23.4 Å². The number of rotatable bonds is 5. The molecule has 2 rings (SSSR count). The highest BCUT2D eigenvalue weighted by Crippen LogP contribution is 2.35. The number of methoxy groups -OCH3 is 1. The van der Waals surface area contributed by atoms with Crippen molar-refractivity contribution in [1.82, 2.24) is 4.98 Å². The van der Waals surface area contributed by atoms with E-state index in [1.165, 1.54) is 31.4 Å². The zero-order chi connectivity index (χ0) is 16.3. The van der Waals surface area contributed by atoms with Crippen LogP contribution in [-0.2, 0) is 4.74 Å². The summed E-state index contributed by atoms with van der Waals surface area (Å²) in [4.78, 5) is 3.41. The van der Waals surface area contributed by atoms with Gasteiger partial charge in [-0.25, -0.2) is 9.37 Å². The first-order chi connectivity index (χ1) is 10.4. The van der Waals surface area contributed by atoms with Gasteiger partial charge in [-0.3, -0.25) is 0 Å². The van der Waals surface area contributed by atoms with Gasteiger partial charge in [0, 0.05) is 22.7 Å². The molecule has 2 aromatic rings. The van der Waals surface area contributed by atoms with Crippen molar-refractivity contribution in [3.63, 3.8) is 0 Å². The Morgan fingerprint density at radius 1 is 1.32 bits per heavy atom. The zero-order valence-corrected chi connectivity index (χ0v) is 13.7. The summed E-state index contributed by atoms with van der Waals surface area (Å²) in [5.41, 5.74) is -0.107. The molecule has 0 radical (unpaired) electrons. The van der Waals surface area contributed by atoms with E-state index in [9.17, 15) is 13.9 Å². The van der Waals surface area contributed by atoms with Gasteiger partial charge < -0.3 is 14.6 Å². The number of nitrogens with zero attached hydrogens (tertiary/aromatic N) is 1. The lowest BCUT2D eigenvalue weighted by atomic mass is 10.0. The first-order valence-electron chi connectivity index (χ1n) is 6.04. The van der Waals surface area contributed by atoms with Gasteiger partial charge in [-0.1, -0.05) is 27.5 Å². The van der Waals surface area contributed by atoms with Crippen LogP contribution >= 0.6 is 27.5 Å². The van der Waals surface area contributed by atoms with Gasteiger partial charge >= 0.3 is 0 Å². The summed E-state index contributed by atoms with van der Waals surface area (Å²) in [5.74, 6) is -2.02. The van der Waals surface area contributed by atoms with Crippen molar-refractivity contribution in [2.45, 2.75) is 6.10 Å². The first kappa shape index (κ1) is 17.1. The predicted molar refractivity (Wildman–Crippen MR) is 79.9 cm³/mol. The fraction of sp³-hybridized carbons (Fsp3) is 0.214. The fourth-order valence-electron chi connectivity index (χ4n) is 1.85. The Bertz CT molecular complexity index is 687. The average Bonchev–Trinajstić information content (AvgIpc) is 2.47. The van der Waals surface area contributed by atoms with Gasteiger partial charge in [0.05, 0.1) is 0 Å². The van der Waals surface area contributed by atoms with E-state index in [1.54, 1.807) is 0 Å². The summed E-state index contributed by atoms with van der Waals surface area (Å²) >= 11 is 8.89. The van der Waals surface area contributed by atoms with E-state index in [4.69, 9.17) is 21.1 Å². The van der Waals surface area contributed by atoms with Crippen LogP contribution < -0.4 is 4.74 Å². The van der Waals surface area contributed by atoms with Crippen molar-refractivity contribution in [2.24, 2.45) is 0 Å². The molecule has 0 fully saturated rings. The average molecular weight is 395 g/mol. The molecule has 1 aromatic heterocycles. The number of hydrogen-bond acceptors (Lipinski definition) is 4. The van der Waals surface area contributed by atoms with Gasteiger partial charge in [0.25, 0.3) is 5.95 Å². The molecular formula is C14H11BrClF2NO3. The summed E-state index contributed by atoms with van der Waals surface area (Å²) in [6.07, 6.45) is -1.49. The minimum Gasteiger partial charge on any atom is -0.462 e. The monoisotopic (exact) mass is 393 g/mol. The molecule has 0 aliphatic heterocycles. The first-order valence-corrected chi connectivity index (χ1v) is 7.21. The minimum absolute atomic E-state index is 0.0495. The summed E-state index contributed by atoms with van der Waals surface area (Å²) in [5, 5.41) is 10.2. The SMILES string of the molecule is COCOc1c(C(O)c2cc(Br)ccc2F)cc(Cl)nc1F. The third-order valence-corrected chi connectivity index (χ3v) is 3.48. The van der Waals surface area contributed by atoms with E-state index in [2.05, 4.69) is 20.9 Å². The third-order valence-electron chi connectivity index (χ3n) is 2.80. The van der Waals surface area contributed by atoms with E-state index in [1.807, 2.05) is 0 Å². The number of halogens is 4. The normalized spacial score (nSPS) is 12.3. The van der Waals surface area contributed by atoms with Crippen LogP contribution in [0.2, 0.25) is 5.15 Å². The summed E-state index contributed by atoms with van der Waals surface area (Å²) in [6.45, 7) is -0.263. The maximum absolute atomic E-state index is 13.9. The Balaban J connectivity index is 2.52. The molecular weight excluding hydrogens is 384 g/mol. The van der Waals surface area contributed by atoms with Crippen LogP contribution in [0.15, 0.2) is 28.7 Å². The molecule has 4 nitrogen and oxygen atoms in total. The molecule has 0 saturated carbocycles. The topological polar surface area (TPSA) is 51.6 Å². The van der Waals surface area contributed by atoms with Crippen LogP contribution in [0.5, 0.6) is 5.75 Å². The van der Waals surface area contributed by atoms with Gasteiger partial charge in [-0.15, -0.1) is 0 Å². The quantitative estimate of drug-likeness (QED) is 0.618. The standard InChI is InChI=1S/C14H11BrClF2NO3/c1-21-6-22-13-9(5-11(16)19-14(13)18)12(20)8-4-7(15)2-3-10(8)17/h2-5,12,20H,6H2,1H3. The van der Waals surface area contributed by atoms with Crippen LogP contribution in [-0.4, -0.2) is 24.0 Å². The number of ether oxygens (including phenoxy) is 2. The second-order valence-electron chi connectivity index (χ2n) is 4.27. The van der Waals surface area contributed by atoms with E-state index >= 15 is 0 Å². The molecule has 0 saturated heterocycles. The smallest absolute Gasteiger partial charge is 0.257 e. The van der Waals surface area contributed by atoms with Gasteiger partial charge in [-0.2, -0.15) is 4.39 Å². The van der Waals surface area contributed by atoms with E-state index in [0.717, 1.165) is 0 Å². The van der Waals surface area contributed by atoms with Gasteiger partial charge in [-0.05, 0) is 24.3 Å². The Labute approximate surface area is 138 Å². The molecule has 1 heterocycles. The largest absolute Gasteiger partial charge is 0.462 e. The number of hydrogen-bond donors (Lipinski definition) is 1. The highest BCUT2D eigenvalue weighted by atomic mass is 79.9. The number of benzene rings is 1. The van der Waals surface area contributed by atoms with Gasteiger partial charge in [0.2, 0.25) is 0 Å². The molecule has 8 heteroatoms. The highest BCUT2D eigenvalue weighted by molar-refractivity contribution is 9.10. The van der Waals surface area contributed by atoms with Crippen LogP contribution in [0.3, 0.4) is 0 Å². The van der Waals surface area contributed by atoms with E-state index in [-0.39, 0.29) is 28.8 Å². The van der Waals surface area contributed by atoms with Gasteiger partial charge in [0.1, 0.15) is 17.1 Å². The Morgan fingerprint density at radius 3 is 2.73 bits per heavy atom. The lowest BCUT2D eigenvalue weighted by Gasteiger charge is -2.17. The minimum atomic E-state index is -1.49. The highest BCUT2D eigenvalue weighted by Gasteiger charge is 2.24. The molecule has 0 bridgehead atoms. The Morgan fingerprint density at radius 2 is 2.05 bits per heavy atom. The predicted octanol–water partition coefficient (Wildman–Crippen LogP) is 3.84. The lowest BCUT2D eigenvalue weighted by molar-refractivity contribution is 0.0450. The van der Waals surface area contributed by atoms with E-state index in [0.29, 0.717) is 4.47 Å². The second-order valence-corrected chi connectivity index (χ2v) is 5.58. The number of aliphatic hydroxyl groups is 1. The van der Waals surface area contributed by atoms with Crippen LogP contribution in [0, 0.1) is 11.8 Å². The Hall–Kier alpha value is -1.28. The lowest BCUT2D eigenvalue weighted by Crippen LogP contribution is -2.10. The van der Waals surface area contributed by atoms with Crippen molar-refractivity contribution in [2.75, 3.05) is 13.9 Å². The number of aromatic nitrogens is 1. The zero-order valence-electron chi connectivity index (χ0n) is 11.3. The molecule has 1 N–H and O–H groups in total. The van der Waals surface area contributed by atoms with E-state index < -0.39 is 17.9 Å². The third kappa shape index (κ3) is 3.73. The van der Waals surface area contributed by atoms with Crippen LogP contribution in [0.4, 0.5) is 8.78 Å². The summed E-state index contributed by atoms with van der Waals surface area (Å²) in [6, 6.07) is 5.25. The number of aliphatic hydroxyl groups excluding tert-OH is 1. The molecule has 0 spiro atoms. The Kier molecular flexibility index (Phi) is 5.69. The van der Waals surface area contributed by atoms with Gasteiger partial charge in [0.15, 0.2) is 12.5 Å². The molecule has 0 aliphatic rings. The maximum atomic E-state index is 13.9.